The lowest BCUT2D eigenvalue weighted by Gasteiger charge is -2.30. The van der Waals surface area contributed by atoms with Crippen LogP contribution in [0.5, 0.6) is 5.75 Å². The first-order chi connectivity index (χ1) is 13.2. The molecule has 2 aromatic rings. The van der Waals surface area contributed by atoms with Gasteiger partial charge in [0.05, 0.1) is 6.04 Å². The van der Waals surface area contributed by atoms with Gasteiger partial charge in [-0.15, -0.1) is 0 Å². The third-order valence-electron chi connectivity index (χ3n) is 5.03. The number of thiophene rings is 1. The van der Waals surface area contributed by atoms with E-state index in [9.17, 15) is 14.7 Å². The second-order valence-electron chi connectivity index (χ2n) is 7.21. The Morgan fingerprint density at radius 2 is 1.89 bits per heavy atom. The van der Waals surface area contributed by atoms with Gasteiger partial charge in [0.15, 0.2) is 0 Å². The van der Waals surface area contributed by atoms with Crippen LogP contribution in [0, 0.1) is 13.8 Å². The van der Waals surface area contributed by atoms with Crippen LogP contribution in [0.2, 0.25) is 0 Å². The monoisotopic (exact) mass is 403 g/mol. The highest BCUT2D eigenvalue weighted by Crippen LogP contribution is 2.22. The van der Waals surface area contributed by atoms with Crippen LogP contribution in [-0.4, -0.2) is 40.4 Å². The molecule has 6 nitrogen and oxygen atoms in total. The number of benzene rings is 1. The number of amides is 2. The van der Waals surface area contributed by atoms with Gasteiger partial charge >= 0.3 is 0 Å². The molecule has 152 valence electrons. The zero-order valence-corrected chi connectivity index (χ0v) is 17.5. The maximum absolute atomic E-state index is 13.0. The average Bonchev–Trinajstić information content (AvgIpc) is 3.13. The van der Waals surface area contributed by atoms with E-state index in [4.69, 9.17) is 11.5 Å². The average molecular weight is 404 g/mol. The van der Waals surface area contributed by atoms with E-state index in [0.29, 0.717) is 13.0 Å². The van der Waals surface area contributed by atoms with Crippen molar-refractivity contribution in [1.82, 2.24) is 4.90 Å². The van der Waals surface area contributed by atoms with Crippen molar-refractivity contribution in [3.05, 3.63) is 51.2 Å². The fourth-order valence-electron chi connectivity index (χ4n) is 3.35. The van der Waals surface area contributed by atoms with E-state index in [1.165, 1.54) is 10.5 Å². The molecule has 2 atom stereocenters. The fraction of sp³-hybridized carbons (Fsp3) is 0.429. The molecule has 0 saturated heterocycles. The largest absolute Gasteiger partial charge is 0.508 e. The summed E-state index contributed by atoms with van der Waals surface area (Å²) in [5.74, 6) is -0.646. The number of nitrogens with two attached hydrogens (primary N) is 2. The normalized spacial score (nSPS) is 13.1. The highest BCUT2D eigenvalue weighted by Gasteiger charge is 2.28. The summed E-state index contributed by atoms with van der Waals surface area (Å²) in [6.45, 7) is 5.81. The Balaban J connectivity index is 2.10. The lowest BCUT2D eigenvalue weighted by Crippen LogP contribution is -2.53. The topological polar surface area (TPSA) is 110 Å². The van der Waals surface area contributed by atoms with Crippen molar-refractivity contribution in [2.24, 2.45) is 11.5 Å². The summed E-state index contributed by atoms with van der Waals surface area (Å²) in [7, 11) is 0. The minimum Gasteiger partial charge on any atom is -0.508 e. The number of rotatable bonds is 9. The summed E-state index contributed by atoms with van der Waals surface area (Å²) in [6, 6.07) is 3.86. The maximum atomic E-state index is 13.0. The van der Waals surface area contributed by atoms with Gasteiger partial charge in [0.2, 0.25) is 11.8 Å². The van der Waals surface area contributed by atoms with Gasteiger partial charge in [0, 0.05) is 6.54 Å². The number of phenols is 1. The molecule has 28 heavy (non-hydrogen) atoms. The summed E-state index contributed by atoms with van der Waals surface area (Å²) in [6.07, 6.45) is 1.89. The van der Waals surface area contributed by atoms with Crippen LogP contribution < -0.4 is 11.5 Å². The number of nitrogens with zero attached hydrogens (tertiary/aromatic N) is 1. The van der Waals surface area contributed by atoms with Crippen LogP contribution in [0.25, 0.3) is 0 Å². The van der Waals surface area contributed by atoms with Gasteiger partial charge in [-0.25, -0.2) is 0 Å². The van der Waals surface area contributed by atoms with Gasteiger partial charge in [0.25, 0.3) is 0 Å². The first-order valence-electron chi connectivity index (χ1n) is 9.36. The van der Waals surface area contributed by atoms with E-state index in [0.717, 1.165) is 29.5 Å². The maximum Gasteiger partial charge on any atom is 0.240 e. The van der Waals surface area contributed by atoms with E-state index in [2.05, 4.69) is 11.4 Å². The summed E-state index contributed by atoms with van der Waals surface area (Å²) in [4.78, 5) is 26.2. The second kappa shape index (κ2) is 9.71. The molecule has 5 N–H and O–H groups in total. The number of aryl methyl sites for hydroxylation is 3. The Morgan fingerprint density at radius 1 is 1.25 bits per heavy atom. The standard InChI is InChI=1S/C21H29N3O3S/c1-13-9-17(25)10-14(2)18(13)11-19(22)21(27)24(15(3)20(23)26)7-4-5-16-6-8-28-12-16/h6,8-10,12,15,19,25H,4-5,7,11,22H2,1-3H3,(H2,23,26)/t15-,19+/m1/s1. The molecule has 0 unspecified atom stereocenters. The molecule has 7 heteroatoms. The van der Waals surface area contributed by atoms with Crippen molar-refractivity contribution < 1.29 is 14.7 Å². The number of phenolic OH excluding ortho intramolecular Hbond substituents is 1. The minimum absolute atomic E-state index is 0.191. The molecule has 0 aliphatic rings. The highest BCUT2D eigenvalue weighted by atomic mass is 32.1. The number of primary amides is 1. The zero-order chi connectivity index (χ0) is 20.8. The van der Waals surface area contributed by atoms with Crippen LogP contribution in [0.4, 0.5) is 0 Å². The highest BCUT2D eigenvalue weighted by molar-refractivity contribution is 7.07. The van der Waals surface area contributed by atoms with Crippen molar-refractivity contribution in [1.29, 1.82) is 0 Å². The molecule has 1 aromatic heterocycles. The lowest BCUT2D eigenvalue weighted by atomic mass is 9.95. The Kier molecular flexibility index (Phi) is 7.60. The molecule has 2 amide bonds. The predicted molar refractivity (Wildman–Crippen MR) is 112 cm³/mol. The zero-order valence-electron chi connectivity index (χ0n) is 16.6. The van der Waals surface area contributed by atoms with Gasteiger partial charge in [-0.05, 0) is 91.2 Å². The molecule has 0 radical (unpaired) electrons. The SMILES string of the molecule is Cc1cc(O)cc(C)c1C[C@H](N)C(=O)N(CCCc1ccsc1)[C@H](C)C(N)=O. The smallest absolute Gasteiger partial charge is 0.240 e. The van der Waals surface area contributed by atoms with E-state index < -0.39 is 18.0 Å². The first-order valence-corrected chi connectivity index (χ1v) is 10.3. The lowest BCUT2D eigenvalue weighted by molar-refractivity contribution is -0.139. The van der Waals surface area contributed by atoms with Crippen molar-refractivity contribution in [3.63, 3.8) is 0 Å². The van der Waals surface area contributed by atoms with Crippen LogP contribution in [0.15, 0.2) is 29.0 Å². The van der Waals surface area contributed by atoms with Crippen LogP contribution in [0.3, 0.4) is 0 Å². The predicted octanol–water partition coefficient (Wildman–Crippen LogP) is 2.28. The van der Waals surface area contributed by atoms with Crippen LogP contribution in [0.1, 0.15) is 35.6 Å². The number of carbonyl (C=O) groups is 2. The van der Waals surface area contributed by atoms with Crippen molar-refractivity contribution >= 4 is 23.2 Å². The van der Waals surface area contributed by atoms with E-state index in [1.807, 2.05) is 19.2 Å². The number of carbonyl (C=O) groups excluding carboxylic acids is 2. The summed E-state index contributed by atoms with van der Waals surface area (Å²) < 4.78 is 0. The molecule has 0 bridgehead atoms. The Hall–Kier alpha value is -2.38. The van der Waals surface area contributed by atoms with Crippen molar-refractivity contribution in [2.45, 2.75) is 52.1 Å². The summed E-state index contributed by atoms with van der Waals surface area (Å²) in [5.41, 5.74) is 15.6. The van der Waals surface area contributed by atoms with E-state index in [-0.39, 0.29) is 11.7 Å². The van der Waals surface area contributed by atoms with Gasteiger partial charge in [0.1, 0.15) is 11.8 Å². The number of hydrogen-bond acceptors (Lipinski definition) is 5. The molecule has 2 rings (SSSR count). The Morgan fingerprint density at radius 3 is 2.43 bits per heavy atom. The third kappa shape index (κ3) is 5.56. The molecular weight excluding hydrogens is 374 g/mol. The Bertz CT molecular complexity index is 797. The first kappa shape index (κ1) is 21.9. The third-order valence-corrected chi connectivity index (χ3v) is 5.76. The fourth-order valence-corrected chi connectivity index (χ4v) is 4.05. The van der Waals surface area contributed by atoms with Gasteiger partial charge < -0.3 is 21.5 Å². The molecular formula is C21H29N3O3S. The van der Waals surface area contributed by atoms with Crippen LogP contribution >= 0.6 is 11.3 Å². The van der Waals surface area contributed by atoms with Crippen molar-refractivity contribution in [3.8, 4) is 5.75 Å². The Labute approximate surface area is 170 Å². The van der Waals surface area contributed by atoms with Gasteiger partial charge in [-0.1, -0.05) is 0 Å². The quantitative estimate of drug-likeness (QED) is 0.596. The molecule has 0 spiro atoms. The summed E-state index contributed by atoms with van der Waals surface area (Å²) >= 11 is 1.63. The number of hydrogen-bond donors (Lipinski definition) is 3. The molecule has 1 heterocycles. The van der Waals surface area contributed by atoms with Gasteiger partial charge in [-0.3, -0.25) is 9.59 Å². The minimum atomic E-state index is -0.787. The molecule has 0 saturated carbocycles. The molecule has 0 aliphatic heterocycles. The second-order valence-corrected chi connectivity index (χ2v) is 7.99. The van der Waals surface area contributed by atoms with E-state index >= 15 is 0 Å². The van der Waals surface area contributed by atoms with Crippen molar-refractivity contribution in [2.75, 3.05) is 6.54 Å². The molecule has 0 fully saturated rings. The molecule has 0 aliphatic carbocycles. The van der Waals surface area contributed by atoms with Crippen LogP contribution in [-0.2, 0) is 22.4 Å². The molecule has 1 aromatic carbocycles. The summed E-state index contributed by atoms with van der Waals surface area (Å²) in [5, 5.41) is 13.8. The van der Waals surface area contributed by atoms with E-state index in [1.54, 1.807) is 30.4 Å². The number of aromatic hydroxyl groups is 1. The van der Waals surface area contributed by atoms with Gasteiger partial charge in [-0.2, -0.15) is 11.3 Å².